The predicted molar refractivity (Wildman–Crippen MR) is 76.9 cm³/mol. The molecule has 1 fully saturated rings. The number of amides is 1. The fourth-order valence-corrected chi connectivity index (χ4v) is 2.71. The van der Waals surface area contributed by atoms with Crippen LogP contribution in [0.1, 0.15) is 25.2 Å². The Morgan fingerprint density at radius 2 is 2.14 bits per heavy atom. The molecule has 0 saturated carbocycles. The monoisotopic (exact) mass is 304 g/mol. The van der Waals surface area contributed by atoms with E-state index in [4.69, 9.17) is 10.3 Å². The zero-order valence-electron chi connectivity index (χ0n) is 12.0. The maximum absolute atomic E-state index is 12.9. The molecule has 2 aromatic rings. The minimum Gasteiger partial charge on any atom is -0.368 e. The van der Waals surface area contributed by atoms with Crippen LogP contribution in [0.2, 0.25) is 0 Å². The van der Waals surface area contributed by atoms with Crippen molar-refractivity contribution in [3.63, 3.8) is 0 Å². The summed E-state index contributed by atoms with van der Waals surface area (Å²) in [5.74, 6) is 0.193. The van der Waals surface area contributed by atoms with Gasteiger partial charge in [0.25, 0.3) is 0 Å². The van der Waals surface area contributed by atoms with Crippen molar-refractivity contribution in [1.82, 2.24) is 15.0 Å². The van der Waals surface area contributed by atoms with Crippen LogP contribution in [-0.2, 0) is 11.3 Å². The highest BCUT2D eigenvalue weighted by molar-refractivity contribution is 5.79. The van der Waals surface area contributed by atoms with Crippen molar-refractivity contribution < 1.29 is 13.7 Å². The lowest BCUT2D eigenvalue weighted by Crippen LogP contribution is -2.47. The second kappa shape index (κ2) is 6.23. The van der Waals surface area contributed by atoms with Crippen molar-refractivity contribution in [3.8, 4) is 11.4 Å². The van der Waals surface area contributed by atoms with Crippen molar-refractivity contribution >= 4 is 5.91 Å². The van der Waals surface area contributed by atoms with E-state index >= 15 is 0 Å². The fourth-order valence-electron chi connectivity index (χ4n) is 2.71. The Bertz CT molecular complexity index is 656. The van der Waals surface area contributed by atoms with Crippen molar-refractivity contribution in [1.29, 1.82) is 0 Å². The maximum Gasteiger partial charge on any atom is 0.241 e. The Labute approximate surface area is 127 Å². The summed E-state index contributed by atoms with van der Waals surface area (Å²) >= 11 is 0. The number of benzene rings is 1. The molecule has 1 amide bonds. The maximum atomic E-state index is 12.9. The summed E-state index contributed by atoms with van der Waals surface area (Å²) < 4.78 is 18.2. The number of rotatable bonds is 4. The third-order valence-corrected chi connectivity index (χ3v) is 3.85. The van der Waals surface area contributed by atoms with E-state index in [1.54, 1.807) is 12.1 Å². The average Bonchev–Trinajstić information content (AvgIpc) is 2.97. The third-order valence-electron chi connectivity index (χ3n) is 3.85. The summed E-state index contributed by atoms with van der Waals surface area (Å²) in [6, 6.07) is 5.60. The second-order valence-corrected chi connectivity index (χ2v) is 5.40. The van der Waals surface area contributed by atoms with E-state index in [1.165, 1.54) is 12.1 Å². The summed E-state index contributed by atoms with van der Waals surface area (Å²) in [6.07, 6.45) is 2.77. The molecule has 1 unspecified atom stereocenters. The van der Waals surface area contributed by atoms with Crippen LogP contribution in [0.3, 0.4) is 0 Å². The molecule has 1 atom stereocenters. The van der Waals surface area contributed by atoms with Gasteiger partial charge in [-0.05, 0) is 43.7 Å². The molecule has 1 aliphatic heterocycles. The highest BCUT2D eigenvalue weighted by Gasteiger charge is 2.28. The second-order valence-electron chi connectivity index (χ2n) is 5.40. The smallest absolute Gasteiger partial charge is 0.241 e. The molecule has 1 aromatic heterocycles. The minimum absolute atomic E-state index is 0.282. The zero-order valence-corrected chi connectivity index (χ0v) is 12.0. The first-order valence-corrected chi connectivity index (χ1v) is 7.25. The molecule has 6 nitrogen and oxygen atoms in total. The number of likely N-dealkylation sites (tertiary alicyclic amines) is 1. The molecule has 2 N–H and O–H groups in total. The van der Waals surface area contributed by atoms with E-state index in [-0.39, 0.29) is 17.8 Å². The molecule has 0 bridgehead atoms. The van der Waals surface area contributed by atoms with Crippen LogP contribution in [-0.4, -0.2) is 33.5 Å². The molecule has 0 radical (unpaired) electrons. The molecule has 116 valence electrons. The van der Waals surface area contributed by atoms with Crippen LogP contribution in [0.25, 0.3) is 11.4 Å². The van der Waals surface area contributed by atoms with E-state index in [2.05, 4.69) is 10.1 Å². The SMILES string of the molecule is NC(=O)C1CCCCN1Cc1nc(-c2ccc(F)cc2)no1. The number of carbonyl (C=O) groups is 1. The number of aromatic nitrogens is 2. The van der Waals surface area contributed by atoms with Gasteiger partial charge in [0.15, 0.2) is 0 Å². The Balaban J connectivity index is 1.73. The van der Waals surface area contributed by atoms with Crippen molar-refractivity contribution in [2.24, 2.45) is 5.73 Å². The van der Waals surface area contributed by atoms with Gasteiger partial charge in [-0.1, -0.05) is 11.6 Å². The third kappa shape index (κ3) is 3.14. The Hall–Kier alpha value is -2.28. The highest BCUT2D eigenvalue weighted by atomic mass is 19.1. The van der Waals surface area contributed by atoms with E-state index in [1.807, 2.05) is 4.90 Å². The normalized spacial score (nSPS) is 19.2. The summed E-state index contributed by atoms with van der Waals surface area (Å²) in [6.45, 7) is 1.17. The van der Waals surface area contributed by atoms with Gasteiger partial charge in [-0.25, -0.2) is 4.39 Å². The van der Waals surface area contributed by atoms with Crippen LogP contribution >= 0.6 is 0 Å². The summed E-state index contributed by atoms with van der Waals surface area (Å²) in [5.41, 5.74) is 6.12. The Morgan fingerprint density at radius 3 is 2.86 bits per heavy atom. The zero-order chi connectivity index (χ0) is 15.5. The van der Waals surface area contributed by atoms with Gasteiger partial charge >= 0.3 is 0 Å². The quantitative estimate of drug-likeness (QED) is 0.929. The van der Waals surface area contributed by atoms with E-state index in [0.717, 1.165) is 25.8 Å². The number of primary amides is 1. The van der Waals surface area contributed by atoms with E-state index < -0.39 is 0 Å². The molecule has 1 aromatic carbocycles. The van der Waals surface area contributed by atoms with Crippen LogP contribution in [0.4, 0.5) is 4.39 Å². The number of nitrogens with two attached hydrogens (primary N) is 1. The molecule has 2 heterocycles. The summed E-state index contributed by atoms with van der Waals surface area (Å²) in [5, 5.41) is 3.90. The van der Waals surface area contributed by atoms with Gasteiger partial charge in [-0.3, -0.25) is 9.69 Å². The van der Waals surface area contributed by atoms with Crippen molar-refractivity contribution in [3.05, 3.63) is 36.0 Å². The van der Waals surface area contributed by atoms with Gasteiger partial charge in [0.05, 0.1) is 12.6 Å². The van der Waals surface area contributed by atoms with Gasteiger partial charge < -0.3 is 10.3 Å². The minimum atomic E-state index is -0.321. The lowest BCUT2D eigenvalue weighted by atomic mass is 10.0. The van der Waals surface area contributed by atoms with Gasteiger partial charge in [-0.2, -0.15) is 4.98 Å². The molecule has 22 heavy (non-hydrogen) atoms. The van der Waals surface area contributed by atoms with E-state index in [0.29, 0.717) is 23.8 Å². The van der Waals surface area contributed by atoms with Crippen LogP contribution in [0, 0.1) is 5.82 Å². The number of hydrogen-bond acceptors (Lipinski definition) is 5. The van der Waals surface area contributed by atoms with Gasteiger partial charge in [0, 0.05) is 5.56 Å². The predicted octanol–water partition coefficient (Wildman–Crippen LogP) is 1.72. The summed E-state index contributed by atoms with van der Waals surface area (Å²) in [7, 11) is 0. The van der Waals surface area contributed by atoms with Crippen LogP contribution in [0.15, 0.2) is 28.8 Å². The standard InChI is InChI=1S/C15H17FN4O2/c16-11-6-4-10(5-7-11)15-18-13(22-19-15)9-20-8-2-1-3-12(20)14(17)21/h4-7,12H,1-3,8-9H2,(H2,17,21). The topological polar surface area (TPSA) is 85.3 Å². The number of piperidine rings is 1. The average molecular weight is 304 g/mol. The number of halogens is 1. The van der Waals surface area contributed by atoms with Crippen molar-refractivity contribution in [2.75, 3.05) is 6.54 Å². The van der Waals surface area contributed by atoms with Gasteiger partial charge in [-0.15, -0.1) is 0 Å². The first-order valence-electron chi connectivity index (χ1n) is 7.25. The highest BCUT2D eigenvalue weighted by Crippen LogP contribution is 2.21. The first kappa shape index (κ1) is 14.6. The molecule has 1 aliphatic rings. The molecule has 3 rings (SSSR count). The van der Waals surface area contributed by atoms with E-state index in [9.17, 15) is 9.18 Å². The molecule has 1 saturated heterocycles. The van der Waals surface area contributed by atoms with Gasteiger partial charge in [0.1, 0.15) is 5.82 Å². The van der Waals surface area contributed by atoms with Crippen LogP contribution in [0.5, 0.6) is 0 Å². The Kier molecular flexibility index (Phi) is 4.15. The molecule has 0 spiro atoms. The lowest BCUT2D eigenvalue weighted by Gasteiger charge is -2.32. The first-order chi connectivity index (χ1) is 10.6. The molecular weight excluding hydrogens is 287 g/mol. The largest absolute Gasteiger partial charge is 0.368 e. The molecule has 7 heteroatoms. The number of hydrogen-bond donors (Lipinski definition) is 1. The number of carbonyl (C=O) groups excluding carboxylic acids is 1. The lowest BCUT2D eigenvalue weighted by molar-refractivity contribution is -0.124. The summed E-state index contributed by atoms with van der Waals surface area (Å²) in [4.78, 5) is 17.8. The fraction of sp³-hybridized carbons (Fsp3) is 0.400. The molecular formula is C15H17FN4O2. The molecule has 0 aliphatic carbocycles. The van der Waals surface area contributed by atoms with Crippen molar-refractivity contribution in [2.45, 2.75) is 31.8 Å². The Morgan fingerprint density at radius 1 is 1.36 bits per heavy atom. The number of nitrogens with zero attached hydrogens (tertiary/aromatic N) is 3. The van der Waals surface area contributed by atoms with Gasteiger partial charge in [0.2, 0.25) is 17.6 Å². The van der Waals surface area contributed by atoms with Crippen LogP contribution < -0.4 is 5.73 Å².